The molecule has 0 bridgehead atoms. The summed E-state index contributed by atoms with van der Waals surface area (Å²) < 4.78 is 5.38. The second-order valence-electron chi connectivity index (χ2n) is 8.15. The molecule has 2 rings (SSSR count). The maximum Gasteiger partial charge on any atom is 0.191 e. The summed E-state index contributed by atoms with van der Waals surface area (Å²) in [5.41, 5.74) is -0.844. The summed E-state index contributed by atoms with van der Waals surface area (Å²) in [6.07, 6.45) is 0. The van der Waals surface area contributed by atoms with E-state index in [1.54, 1.807) is 0 Å². The van der Waals surface area contributed by atoms with Gasteiger partial charge in [0.15, 0.2) is 5.96 Å². The third-order valence-electron chi connectivity index (χ3n) is 5.32. The van der Waals surface area contributed by atoms with Gasteiger partial charge < -0.3 is 25.4 Å². The lowest BCUT2D eigenvalue weighted by Crippen LogP contribution is -2.52. The van der Waals surface area contributed by atoms with Crippen LogP contribution < -0.4 is 10.6 Å². The molecule has 2 unspecified atom stereocenters. The van der Waals surface area contributed by atoms with Gasteiger partial charge in [0.1, 0.15) is 0 Å². The van der Waals surface area contributed by atoms with Gasteiger partial charge >= 0.3 is 0 Å². The van der Waals surface area contributed by atoms with Crippen molar-refractivity contribution in [2.24, 2.45) is 4.99 Å². The minimum absolute atomic E-state index is 0. The largest absolute Gasteiger partial charge is 0.387 e. The van der Waals surface area contributed by atoms with E-state index in [0.717, 1.165) is 71.5 Å². The number of likely N-dealkylation sites (N-methyl/N-ethyl adjacent to an activating group) is 1. The molecule has 28 heavy (non-hydrogen) atoms. The van der Waals surface area contributed by atoms with Crippen LogP contribution in [0.25, 0.3) is 0 Å². The lowest BCUT2D eigenvalue weighted by atomic mass is 10.1. The van der Waals surface area contributed by atoms with Gasteiger partial charge in [0, 0.05) is 64.9 Å². The van der Waals surface area contributed by atoms with Crippen molar-refractivity contribution in [3.8, 4) is 0 Å². The number of β-amino-alcohol motifs (C(OH)–C–C–N with tert-alkyl or cyclic N) is 1. The van der Waals surface area contributed by atoms with E-state index >= 15 is 0 Å². The number of rotatable bonds is 8. The number of halogens is 1. The van der Waals surface area contributed by atoms with E-state index in [9.17, 15) is 5.11 Å². The number of hydrogen-bond donors (Lipinski definition) is 3. The Balaban J connectivity index is 0.00000392. The molecule has 2 aliphatic rings. The van der Waals surface area contributed by atoms with Crippen molar-refractivity contribution in [1.82, 2.24) is 25.3 Å². The molecule has 0 saturated carbocycles. The summed E-state index contributed by atoms with van der Waals surface area (Å²) in [5.74, 6) is 0.778. The Morgan fingerprint density at radius 1 is 1.14 bits per heavy atom. The second-order valence-corrected chi connectivity index (χ2v) is 8.15. The monoisotopic (exact) mass is 512 g/mol. The first-order valence-electron chi connectivity index (χ1n) is 10.4. The van der Waals surface area contributed by atoms with Crippen LogP contribution in [0.1, 0.15) is 20.8 Å². The van der Waals surface area contributed by atoms with Gasteiger partial charge in [-0.2, -0.15) is 0 Å². The second kappa shape index (κ2) is 13.2. The number of morpholine rings is 1. The van der Waals surface area contributed by atoms with E-state index in [1.807, 2.05) is 6.92 Å². The molecule has 3 N–H and O–H groups in total. The fourth-order valence-electron chi connectivity index (χ4n) is 3.52. The molecule has 2 atom stereocenters. The zero-order valence-corrected chi connectivity index (χ0v) is 20.4. The van der Waals surface area contributed by atoms with Crippen LogP contribution >= 0.6 is 24.0 Å². The van der Waals surface area contributed by atoms with E-state index in [0.29, 0.717) is 19.1 Å². The maximum absolute atomic E-state index is 10.7. The zero-order valence-electron chi connectivity index (χ0n) is 18.1. The average Bonchev–Trinajstić information content (AvgIpc) is 2.65. The third kappa shape index (κ3) is 9.53. The zero-order chi connectivity index (χ0) is 19.7. The molecule has 0 amide bonds. The van der Waals surface area contributed by atoms with Gasteiger partial charge in [-0.05, 0) is 27.8 Å². The van der Waals surface area contributed by atoms with Crippen LogP contribution in [0.2, 0.25) is 0 Å². The number of ether oxygens (including phenoxy) is 1. The van der Waals surface area contributed by atoms with Crippen molar-refractivity contribution in [3.05, 3.63) is 0 Å². The van der Waals surface area contributed by atoms with Gasteiger partial charge in [-0.15, -0.1) is 24.0 Å². The molecule has 9 heteroatoms. The highest BCUT2D eigenvalue weighted by atomic mass is 127. The summed E-state index contributed by atoms with van der Waals surface area (Å²) in [6.45, 7) is 16.6. The van der Waals surface area contributed by atoms with E-state index in [4.69, 9.17) is 4.74 Å². The fourth-order valence-corrected chi connectivity index (χ4v) is 3.52. The van der Waals surface area contributed by atoms with E-state index in [1.165, 1.54) is 0 Å². The summed E-state index contributed by atoms with van der Waals surface area (Å²) >= 11 is 0. The van der Waals surface area contributed by atoms with Crippen molar-refractivity contribution in [3.63, 3.8) is 0 Å². The lowest BCUT2D eigenvalue weighted by Gasteiger charge is -2.36. The minimum atomic E-state index is -0.844. The van der Waals surface area contributed by atoms with Crippen LogP contribution in [-0.4, -0.2) is 123 Å². The first kappa shape index (κ1) is 25.8. The van der Waals surface area contributed by atoms with Gasteiger partial charge in [0.05, 0.1) is 25.4 Å². The number of guanidine groups is 1. The average molecular weight is 512 g/mol. The smallest absolute Gasteiger partial charge is 0.191 e. The molecule has 2 heterocycles. The number of piperazine rings is 1. The summed E-state index contributed by atoms with van der Waals surface area (Å²) in [5, 5.41) is 17.5. The Kier molecular flexibility index (Phi) is 12.2. The molecular weight excluding hydrogens is 471 g/mol. The van der Waals surface area contributed by atoms with E-state index in [2.05, 4.69) is 51.2 Å². The Labute approximate surface area is 188 Å². The quantitative estimate of drug-likeness (QED) is 0.238. The molecule has 2 aliphatic heterocycles. The molecule has 0 radical (unpaired) electrons. The predicted octanol–water partition coefficient (Wildman–Crippen LogP) is -0.121. The third-order valence-corrected chi connectivity index (χ3v) is 5.32. The SMILES string of the molecule is CCNC(=NCC(C)(O)CN1CCOCC1)NCC(C)N1CCN(C)CC1.I. The van der Waals surface area contributed by atoms with Gasteiger partial charge in [0.2, 0.25) is 0 Å². The van der Waals surface area contributed by atoms with E-state index < -0.39 is 5.60 Å². The predicted molar refractivity (Wildman–Crippen MR) is 126 cm³/mol. The van der Waals surface area contributed by atoms with Gasteiger partial charge in [-0.25, -0.2) is 0 Å². The molecule has 8 nitrogen and oxygen atoms in total. The number of hydrogen-bond acceptors (Lipinski definition) is 6. The van der Waals surface area contributed by atoms with E-state index in [-0.39, 0.29) is 24.0 Å². The highest BCUT2D eigenvalue weighted by molar-refractivity contribution is 14.0. The molecular formula is C19H41IN6O2. The van der Waals surface area contributed by atoms with Crippen molar-refractivity contribution in [2.75, 3.05) is 85.7 Å². The van der Waals surface area contributed by atoms with Crippen molar-refractivity contribution < 1.29 is 9.84 Å². The molecule has 2 saturated heterocycles. The molecule has 0 aromatic carbocycles. The highest BCUT2D eigenvalue weighted by Gasteiger charge is 2.25. The number of aliphatic hydroxyl groups is 1. The Hall–Kier alpha value is -0.200. The van der Waals surface area contributed by atoms with Crippen LogP contribution in [0.4, 0.5) is 0 Å². The summed E-state index contributed by atoms with van der Waals surface area (Å²) in [7, 11) is 2.18. The topological polar surface area (TPSA) is 75.6 Å². The number of aliphatic imine (C=N–C) groups is 1. The highest BCUT2D eigenvalue weighted by Crippen LogP contribution is 2.09. The molecule has 166 valence electrons. The molecule has 0 aliphatic carbocycles. The van der Waals surface area contributed by atoms with Gasteiger partial charge in [-0.1, -0.05) is 0 Å². The first-order chi connectivity index (χ1) is 12.9. The summed E-state index contributed by atoms with van der Waals surface area (Å²) in [4.78, 5) is 11.8. The molecule has 2 fully saturated rings. The van der Waals surface area contributed by atoms with Gasteiger partial charge in [-0.3, -0.25) is 14.8 Å². The first-order valence-corrected chi connectivity index (χ1v) is 10.4. The normalized spacial score (nSPS) is 23.5. The van der Waals surface area contributed by atoms with Crippen LogP contribution in [0.3, 0.4) is 0 Å². The number of nitrogens with one attached hydrogen (secondary N) is 2. The fraction of sp³-hybridized carbons (Fsp3) is 0.947. The maximum atomic E-state index is 10.7. The Morgan fingerprint density at radius 2 is 1.79 bits per heavy atom. The molecule has 0 aromatic heterocycles. The van der Waals surface area contributed by atoms with Crippen LogP contribution in [-0.2, 0) is 4.74 Å². The van der Waals surface area contributed by atoms with Crippen LogP contribution in [0.5, 0.6) is 0 Å². The molecule has 0 aromatic rings. The van der Waals surface area contributed by atoms with Crippen molar-refractivity contribution >= 4 is 29.9 Å². The van der Waals surface area contributed by atoms with Crippen molar-refractivity contribution in [1.29, 1.82) is 0 Å². The molecule has 0 spiro atoms. The number of nitrogens with zero attached hydrogens (tertiary/aromatic N) is 4. The minimum Gasteiger partial charge on any atom is -0.387 e. The lowest BCUT2D eigenvalue weighted by molar-refractivity contribution is -0.0180. The Bertz CT molecular complexity index is 452. The van der Waals surface area contributed by atoms with Crippen LogP contribution in [0.15, 0.2) is 4.99 Å². The van der Waals surface area contributed by atoms with Crippen molar-refractivity contribution in [2.45, 2.75) is 32.4 Å². The van der Waals surface area contributed by atoms with Gasteiger partial charge in [0.25, 0.3) is 0 Å². The Morgan fingerprint density at radius 3 is 2.39 bits per heavy atom. The summed E-state index contributed by atoms with van der Waals surface area (Å²) in [6, 6.07) is 0.455. The van der Waals surface area contributed by atoms with Crippen LogP contribution in [0, 0.1) is 0 Å². The standard InChI is InChI=1S/C19H40N6O2.HI/c1-5-20-18(21-14-17(2)25-8-6-23(4)7-9-25)22-15-19(3,26)16-24-10-12-27-13-11-24;/h17,26H,5-16H2,1-4H3,(H2,20,21,22);1H.